The molecule has 2 aromatic rings. The van der Waals surface area contributed by atoms with E-state index in [0.717, 1.165) is 11.3 Å². The molecule has 2 rings (SSSR count). The zero-order valence-electron chi connectivity index (χ0n) is 11.2. The first-order valence-corrected chi connectivity index (χ1v) is 5.94. The van der Waals surface area contributed by atoms with E-state index in [2.05, 4.69) is 11.1 Å². The lowest BCUT2D eigenvalue weighted by Crippen LogP contribution is -1.99. The van der Waals surface area contributed by atoms with Gasteiger partial charge in [-0.1, -0.05) is 12.1 Å². The summed E-state index contributed by atoms with van der Waals surface area (Å²) >= 11 is 0. The van der Waals surface area contributed by atoms with Crippen LogP contribution in [0.3, 0.4) is 0 Å². The van der Waals surface area contributed by atoms with Crippen LogP contribution in [0, 0.1) is 32.1 Å². The molecule has 4 nitrogen and oxygen atoms in total. The minimum Gasteiger partial charge on any atom is -0.453 e. The number of anilines is 1. The van der Waals surface area contributed by atoms with Gasteiger partial charge in [-0.25, -0.2) is 0 Å². The lowest BCUT2D eigenvalue weighted by Gasteiger charge is -2.13. The minimum absolute atomic E-state index is 0.438. The van der Waals surface area contributed by atoms with E-state index < -0.39 is 0 Å². The second kappa shape index (κ2) is 4.99. The summed E-state index contributed by atoms with van der Waals surface area (Å²) in [4.78, 5) is 4.26. The zero-order valence-corrected chi connectivity index (χ0v) is 11.2. The molecule has 0 spiro atoms. The lowest BCUT2D eigenvalue weighted by atomic mass is 10.1. The Morgan fingerprint density at radius 3 is 2.63 bits per heavy atom. The number of nitrogens with zero attached hydrogens (tertiary/aromatic N) is 2. The summed E-state index contributed by atoms with van der Waals surface area (Å²) in [5.41, 5.74) is 9.29. The molecule has 0 aliphatic carbocycles. The van der Waals surface area contributed by atoms with Gasteiger partial charge in [0, 0.05) is 11.8 Å². The van der Waals surface area contributed by atoms with Crippen LogP contribution in [0.15, 0.2) is 24.3 Å². The van der Waals surface area contributed by atoms with Crippen molar-refractivity contribution in [1.82, 2.24) is 4.98 Å². The van der Waals surface area contributed by atoms with Crippen molar-refractivity contribution in [3.8, 4) is 17.6 Å². The highest BCUT2D eigenvalue weighted by atomic mass is 16.5. The fourth-order valence-corrected chi connectivity index (χ4v) is 1.93. The van der Waals surface area contributed by atoms with Crippen LogP contribution in [-0.2, 0) is 0 Å². The number of nitriles is 1. The van der Waals surface area contributed by atoms with Crippen molar-refractivity contribution >= 4 is 5.69 Å². The van der Waals surface area contributed by atoms with Crippen LogP contribution in [0.4, 0.5) is 5.69 Å². The topological polar surface area (TPSA) is 71.9 Å². The summed E-state index contributed by atoms with van der Waals surface area (Å²) in [7, 11) is 0. The van der Waals surface area contributed by atoms with Crippen LogP contribution in [0.5, 0.6) is 11.5 Å². The van der Waals surface area contributed by atoms with Gasteiger partial charge >= 0.3 is 0 Å². The summed E-state index contributed by atoms with van der Waals surface area (Å²) in [6.07, 6.45) is 0. The van der Waals surface area contributed by atoms with Crippen LogP contribution in [0.2, 0.25) is 0 Å². The molecule has 4 heteroatoms. The van der Waals surface area contributed by atoms with Crippen LogP contribution in [0.25, 0.3) is 0 Å². The molecule has 1 aromatic carbocycles. The molecule has 0 bridgehead atoms. The normalized spacial score (nSPS) is 10.0. The van der Waals surface area contributed by atoms with Crippen LogP contribution in [-0.4, -0.2) is 4.98 Å². The first-order chi connectivity index (χ1) is 9.02. The fourth-order valence-electron chi connectivity index (χ4n) is 1.93. The minimum atomic E-state index is 0.438. The number of pyridine rings is 1. The first kappa shape index (κ1) is 12.9. The molecule has 1 heterocycles. The molecule has 0 saturated heterocycles. The van der Waals surface area contributed by atoms with E-state index in [4.69, 9.17) is 10.5 Å². The molecule has 19 heavy (non-hydrogen) atoms. The average Bonchev–Trinajstić information content (AvgIpc) is 2.33. The van der Waals surface area contributed by atoms with Gasteiger partial charge in [0.1, 0.15) is 17.4 Å². The number of aryl methyl sites for hydroxylation is 3. The van der Waals surface area contributed by atoms with Crippen molar-refractivity contribution in [2.24, 2.45) is 0 Å². The summed E-state index contributed by atoms with van der Waals surface area (Å²) in [6.45, 7) is 5.57. The Hall–Kier alpha value is -2.54. The molecule has 96 valence electrons. The Labute approximate surface area is 112 Å². The molecule has 0 radical (unpaired) electrons. The van der Waals surface area contributed by atoms with Gasteiger partial charge in [-0.05, 0) is 32.4 Å². The van der Waals surface area contributed by atoms with Gasteiger partial charge in [0.05, 0.1) is 11.4 Å². The second-order valence-corrected chi connectivity index (χ2v) is 4.43. The molecule has 0 atom stereocenters. The maximum atomic E-state index is 9.21. The van der Waals surface area contributed by atoms with E-state index in [1.54, 1.807) is 19.1 Å². The maximum absolute atomic E-state index is 9.21. The molecule has 0 saturated carbocycles. The number of hydrogen-bond donors (Lipinski definition) is 1. The van der Waals surface area contributed by atoms with Crippen LogP contribution < -0.4 is 10.5 Å². The van der Waals surface area contributed by atoms with Gasteiger partial charge in [-0.15, -0.1) is 0 Å². The molecule has 2 N–H and O–H groups in total. The Bertz CT molecular complexity index is 652. The number of para-hydroxylation sites is 1. The largest absolute Gasteiger partial charge is 0.453 e. The van der Waals surface area contributed by atoms with E-state index in [-0.39, 0.29) is 0 Å². The molecule has 0 amide bonds. The number of nitrogens with two attached hydrogens (primary N) is 1. The molecule has 0 fully saturated rings. The Morgan fingerprint density at radius 1 is 1.26 bits per heavy atom. The third-order valence-corrected chi connectivity index (χ3v) is 2.86. The van der Waals surface area contributed by atoms with Crippen molar-refractivity contribution in [3.63, 3.8) is 0 Å². The van der Waals surface area contributed by atoms with E-state index in [1.807, 2.05) is 26.0 Å². The zero-order chi connectivity index (χ0) is 14.0. The van der Waals surface area contributed by atoms with Gasteiger partial charge < -0.3 is 10.5 Å². The Kier molecular flexibility index (Phi) is 3.39. The van der Waals surface area contributed by atoms with Crippen molar-refractivity contribution in [2.75, 3.05) is 5.73 Å². The molecule has 0 unspecified atom stereocenters. The summed E-state index contributed by atoms with van der Waals surface area (Å²) in [5.74, 6) is 1.08. The summed E-state index contributed by atoms with van der Waals surface area (Å²) in [5, 5.41) is 9.21. The van der Waals surface area contributed by atoms with Gasteiger partial charge in [0.2, 0.25) is 0 Å². The van der Waals surface area contributed by atoms with Crippen molar-refractivity contribution in [1.29, 1.82) is 5.26 Å². The summed E-state index contributed by atoms with van der Waals surface area (Å²) in [6, 6.07) is 9.42. The molecule has 1 aromatic heterocycles. The monoisotopic (exact) mass is 253 g/mol. The van der Waals surface area contributed by atoms with Gasteiger partial charge in [-0.3, -0.25) is 4.98 Å². The predicted octanol–water partition coefficient (Wildman–Crippen LogP) is 3.25. The number of ether oxygens (including phenoxy) is 1. The molecular weight excluding hydrogens is 238 g/mol. The first-order valence-electron chi connectivity index (χ1n) is 5.94. The number of nitrogen functional groups attached to an aromatic ring is 1. The van der Waals surface area contributed by atoms with E-state index in [1.165, 1.54) is 0 Å². The van der Waals surface area contributed by atoms with Crippen LogP contribution >= 0.6 is 0 Å². The summed E-state index contributed by atoms with van der Waals surface area (Å²) < 4.78 is 5.84. The van der Waals surface area contributed by atoms with E-state index in [9.17, 15) is 5.26 Å². The standard InChI is InChI=1S/C15H15N3O/c1-9-5-4-6-13(17)15(9)19-14-7-10(2)18-11(3)12(14)8-16/h4-7H,17H2,1-3H3. The third-order valence-electron chi connectivity index (χ3n) is 2.86. The average molecular weight is 253 g/mol. The predicted molar refractivity (Wildman–Crippen MR) is 74.1 cm³/mol. The highest BCUT2D eigenvalue weighted by molar-refractivity contribution is 5.59. The van der Waals surface area contributed by atoms with Crippen molar-refractivity contribution in [2.45, 2.75) is 20.8 Å². The third kappa shape index (κ3) is 2.50. The number of benzene rings is 1. The number of rotatable bonds is 2. The van der Waals surface area contributed by atoms with Gasteiger partial charge in [-0.2, -0.15) is 5.26 Å². The van der Waals surface area contributed by atoms with Crippen molar-refractivity contribution in [3.05, 3.63) is 46.8 Å². The smallest absolute Gasteiger partial charge is 0.153 e. The maximum Gasteiger partial charge on any atom is 0.153 e. The number of hydrogen-bond acceptors (Lipinski definition) is 4. The van der Waals surface area contributed by atoms with Crippen LogP contribution in [0.1, 0.15) is 22.5 Å². The van der Waals surface area contributed by atoms with Crippen molar-refractivity contribution < 1.29 is 4.74 Å². The highest BCUT2D eigenvalue weighted by Crippen LogP contribution is 2.33. The van der Waals surface area contributed by atoms with Gasteiger partial charge in [0.15, 0.2) is 5.75 Å². The second-order valence-electron chi connectivity index (χ2n) is 4.43. The lowest BCUT2D eigenvalue weighted by molar-refractivity contribution is 0.477. The molecule has 0 aliphatic rings. The van der Waals surface area contributed by atoms with E-state index >= 15 is 0 Å². The molecular formula is C15H15N3O. The van der Waals surface area contributed by atoms with Gasteiger partial charge in [0.25, 0.3) is 0 Å². The highest BCUT2D eigenvalue weighted by Gasteiger charge is 2.13. The van der Waals surface area contributed by atoms with E-state index in [0.29, 0.717) is 28.4 Å². The SMILES string of the molecule is Cc1cc(Oc2c(C)cccc2N)c(C#N)c(C)n1. The Balaban J connectivity index is 2.53. The number of aromatic nitrogens is 1. The quantitative estimate of drug-likeness (QED) is 0.834. The Morgan fingerprint density at radius 2 is 2.00 bits per heavy atom. The fraction of sp³-hybridized carbons (Fsp3) is 0.200. The molecule has 0 aliphatic heterocycles.